The van der Waals surface area contributed by atoms with Crippen LogP contribution in [0.2, 0.25) is 5.02 Å². The number of methoxy groups -OCH3 is 1. The van der Waals surface area contributed by atoms with E-state index < -0.39 is 22.4 Å². The van der Waals surface area contributed by atoms with Crippen molar-refractivity contribution in [3.8, 4) is 0 Å². The fourth-order valence-corrected chi connectivity index (χ4v) is 1.21. The van der Waals surface area contributed by atoms with E-state index >= 15 is 0 Å². The Morgan fingerprint density at radius 3 is 2.80 bits per heavy atom. The molecule has 0 aliphatic heterocycles. The SMILES string of the molecule is [C-]#[N+]c1cc(N)c(C(=O)OC)c(F)c1Cl. The number of carbonyl (C=O) groups is 1. The van der Waals surface area contributed by atoms with Crippen molar-refractivity contribution in [1.82, 2.24) is 0 Å². The average molecular weight is 229 g/mol. The summed E-state index contributed by atoms with van der Waals surface area (Å²) in [7, 11) is 1.10. The third-order valence-corrected chi connectivity index (χ3v) is 2.09. The van der Waals surface area contributed by atoms with Gasteiger partial charge in [0, 0.05) is 5.69 Å². The van der Waals surface area contributed by atoms with Gasteiger partial charge in [-0.05, 0) is 6.07 Å². The highest BCUT2D eigenvalue weighted by atomic mass is 35.5. The number of halogens is 2. The van der Waals surface area contributed by atoms with Crippen molar-refractivity contribution >= 4 is 28.9 Å². The molecule has 0 amide bonds. The molecule has 1 aromatic carbocycles. The van der Waals surface area contributed by atoms with Gasteiger partial charge in [-0.1, -0.05) is 11.6 Å². The molecule has 0 bridgehead atoms. The molecule has 0 unspecified atom stereocenters. The topological polar surface area (TPSA) is 56.7 Å². The monoisotopic (exact) mass is 228 g/mol. The molecule has 1 rings (SSSR count). The summed E-state index contributed by atoms with van der Waals surface area (Å²) in [6.45, 7) is 6.70. The van der Waals surface area contributed by atoms with Crippen LogP contribution in [0.3, 0.4) is 0 Å². The Balaban J connectivity index is 3.51. The molecule has 1 aromatic rings. The van der Waals surface area contributed by atoms with Crippen LogP contribution in [0, 0.1) is 12.4 Å². The van der Waals surface area contributed by atoms with Crippen LogP contribution in [0.1, 0.15) is 10.4 Å². The molecule has 0 saturated heterocycles. The Morgan fingerprint density at radius 2 is 2.33 bits per heavy atom. The summed E-state index contributed by atoms with van der Waals surface area (Å²) in [5, 5.41) is -0.431. The highest BCUT2D eigenvalue weighted by Crippen LogP contribution is 2.34. The van der Waals surface area contributed by atoms with Crippen molar-refractivity contribution in [2.24, 2.45) is 0 Å². The van der Waals surface area contributed by atoms with Crippen molar-refractivity contribution in [2.45, 2.75) is 0 Å². The first kappa shape index (κ1) is 11.3. The maximum Gasteiger partial charge on any atom is 0.342 e. The van der Waals surface area contributed by atoms with Gasteiger partial charge in [-0.15, -0.1) is 0 Å². The van der Waals surface area contributed by atoms with Crippen molar-refractivity contribution in [3.05, 3.63) is 33.9 Å². The Kier molecular flexibility index (Phi) is 3.12. The molecule has 15 heavy (non-hydrogen) atoms. The van der Waals surface area contributed by atoms with Gasteiger partial charge in [-0.25, -0.2) is 14.0 Å². The van der Waals surface area contributed by atoms with Gasteiger partial charge in [0.05, 0.1) is 18.7 Å². The molecule has 0 aliphatic rings. The normalized spacial score (nSPS) is 9.47. The van der Waals surface area contributed by atoms with Gasteiger partial charge in [-0.2, -0.15) is 0 Å². The second-order valence-electron chi connectivity index (χ2n) is 2.59. The van der Waals surface area contributed by atoms with Crippen molar-refractivity contribution < 1.29 is 13.9 Å². The largest absolute Gasteiger partial charge is 0.465 e. The van der Waals surface area contributed by atoms with Crippen LogP contribution in [0.25, 0.3) is 4.85 Å². The van der Waals surface area contributed by atoms with E-state index in [9.17, 15) is 9.18 Å². The number of nitrogens with two attached hydrogens (primary N) is 1. The summed E-state index contributed by atoms with van der Waals surface area (Å²) in [5.41, 5.74) is 4.64. The van der Waals surface area contributed by atoms with Gasteiger partial charge in [0.25, 0.3) is 0 Å². The minimum Gasteiger partial charge on any atom is -0.465 e. The van der Waals surface area contributed by atoms with Crippen molar-refractivity contribution in [2.75, 3.05) is 12.8 Å². The highest BCUT2D eigenvalue weighted by molar-refractivity contribution is 6.34. The molecule has 0 radical (unpaired) electrons. The summed E-state index contributed by atoms with van der Waals surface area (Å²) < 4.78 is 17.8. The summed E-state index contributed by atoms with van der Waals surface area (Å²) in [6.07, 6.45) is 0. The third kappa shape index (κ3) is 1.85. The standard InChI is InChI=1S/C9H6ClFN2O2/c1-13-5-3-4(12)6(9(14)15-2)8(11)7(5)10/h3H,12H2,2H3. The number of nitrogens with zero attached hydrogens (tertiary/aromatic N) is 1. The lowest BCUT2D eigenvalue weighted by molar-refractivity contribution is 0.0597. The summed E-state index contributed by atoms with van der Waals surface area (Å²) in [4.78, 5) is 14.1. The molecule has 0 spiro atoms. The van der Waals surface area contributed by atoms with Crippen LogP contribution in [0.15, 0.2) is 6.07 Å². The zero-order valence-electron chi connectivity index (χ0n) is 7.67. The van der Waals surface area contributed by atoms with E-state index in [2.05, 4.69) is 9.58 Å². The number of hydrogen-bond acceptors (Lipinski definition) is 3. The van der Waals surface area contributed by atoms with Gasteiger partial charge in [0.15, 0.2) is 0 Å². The second-order valence-corrected chi connectivity index (χ2v) is 2.97. The lowest BCUT2D eigenvalue weighted by Crippen LogP contribution is -2.08. The zero-order valence-corrected chi connectivity index (χ0v) is 8.43. The van der Waals surface area contributed by atoms with Gasteiger partial charge in [0.2, 0.25) is 5.69 Å². The molecule has 0 aromatic heterocycles. The lowest BCUT2D eigenvalue weighted by atomic mass is 10.1. The van der Waals surface area contributed by atoms with Crippen LogP contribution < -0.4 is 5.73 Å². The van der Waals surface area contributed by atoms with Crippen LogP contribution >= 0.6 is 11.6 Å². The molecule has 0 saturated carbocycles. The van der Waals surface area contributed by atoms with E-state index in [-0.39, 0.29) is 11.4 Å². The Bertz CT molecular complexity index is 468. The second kappa shape index (κ2) is 4.15. The first-order valence-electron chi connectivity index (χ1n) is 3.76. The lowest BCUT2D eigenvalue weighted by Gasteiger charge is -2.07. The number of hydrogen-bond donors (Lipinski definition) is 1. The van der Waals surface area contributed by atoms with Crippen molar-refractivity contribution in [3.63, 3.8) is 0 Å². The summed E-state index contributed by atoms with van der Waals surface area (Å²) in [5.74, 6) is -1.96. The zero-order chi connectivity index (χ0) is 11.6. The predicted octanol–water partition coefficient (Wildman–Crippen LogP) is 2.40. The minimum absolute atomic E-state index is 0.140. The smallest absolute Gasteiger partial charge is 0.342 e. The average Bonchev–Trinajstić information content (AvgIpc) is 2.23. The Morgan fingerprint density at radius 1 is 1.73 bits per heavy atom. The molecule has 0 fully saturated rings. The van der Waals surface area contributed by atoms with Crippen LogP contribution in [-0.4, -0.2) is 13.1 Å². The third-order valence-electron chi connectivity index (χ3n) is 1.73. The number of nitrogen functional groups attached to an aromatic ring is 1. The van der Waals surface area contributed by atoms with E-state index in [1.165, 1.54) is 0 Å². The number of rotatable bonds is 1. The quantitative estimate of drug-likeness (QED) is 0.456. The molecule has 2 N–H and O–H groups in total. The molecule has 6 heteroatoms. The number of esters is 1. The maximum atomic E-state index is 13.5. The number of anilines is 1. The molecule has 78 valence electrons. The predicted molar refractivity (Wildman–Crippen MR) is 53.4 cm³/mol. The fraction of sp³-hybridized carbons (Fsp3) is 0.111. The molecule has 0 aliphatic carbocycles. The van der Waals surface area contributed by atoms with E-state index in [4.69, 9.17) is 23.9 Å². The van der Waals surface area contributed by atoms with Gasteiger partial charge in [-0.3, -0.25) is 0 Å². The number of carbonyl (C=O) groups excluding carboxylic acids is 1. The van der Waals surface area contributed by atoms with E-state index in [1.54, 1.807) is 0 Å². The molecule has 4 nitrogen and oxygen atoms in total. The highest BCUT2D eigenvalue weighted by Gasteiger charge is 2.21. The van der Waals surface area contributed by atoms with Gasteiger partial charge in [0.1, 0.15) is 11.4 Å². The summed E-state index contributed by atoms with van der Waals surface area (Å²) in [6, 6.07) is 1.13. The first-order valence-corrected chi connectivity index (χ1v) is 4.14. The van der Waals surface area contributed by atoms with E-state index in [1.807, 2.05) is 0 Å². The Hall–Kier alpha value is -1.80. The summed E-state index contributed by atoms with van der Waals surface area (Å²) >= 11 is 5.52. The molecule has 0 heterocycles. The number of ether oxygens (including phenoxy) is 1. The van der Waals surface area contributed by atoms with Crippen molar-refractivity contribution in [1.29, 1.82) is 0 Å². The number of benzene rings is 1. The molecular formula is C9H6ClFN2O2. The van der Waals surface area contributed by atoms with Crippen LogP contribution in [0.4, 0.5) is 15.8 Å². The van der Waals surface area contributed by atoms with Crippen LogP contribution in [0.5, 0.6) is 0 Å². The van der Waals surface area contributed by atoms with E-state index in [0.717, 1.165) is 13.2 Å². The van der Waals surface area contributed by atoms with Gasteiger partial charge < -0.3 is 10.5 Å². The maximum absolute atomic E-state index is 13.5. The van der Waals surface area contributed by atoms with Gasteiger partial charge >= 0.3 is 5.97 Å². The van der Waals surface area contributed by atoms with E-state index in [0.29, 0.717) is 0 Å². The molecule has 0 atom stereocenters. The first-order chi connectivity index (χ1) is 7.02. The minimum atomic E-state index is -1.03. The molecular weight excluding hydrogens is 223 g/mol. The van der Waals surface area contributed by atoms with Crippen LogP contribution in [-0.2, 0) is 4.74 Å². The fourth-order valence-electron chi connectivity index (χ4n) is 1.02. The Labute approximate surface area is 90.2 Å².